The lowest BCUT2D eigenvalue weighted by atomic mass is 9.87. The molecular weight excluding hydrogens is 844 g/mol. The van der Waals surface area contributed by atoms with Crippen molar-refractivity contribution >= 4 is 56.8 Å². The van der Waals surface area contributed by atoms with Crippen molar-refractivity contribution in [3.63, 3.8) is 0 Å². The summed E-state index contributed by atoms with van der Waals surface area (Å²) in [6, 6.07) is 20.2. The van der Waals surface area contributed by atoms with Crippen molar-refractivity contribution in [3.05, 3.63) is 116 Å². The molecule has 0 saturated carbocycles. The van der Waals surface area contributed by atoms with Gasteiger partial charge in [0.1, 0.15) is 16.3 Å². The quantitative estimate of drug-likeness (QED) is 0.128. The summed E-state index contributed by atoms with van der Waals surface area (Å²) in [5.74, 6) is -1.44. The fourth-order valence-electron chi connectivity index (χ4n) is 8.31. The van der Waals surface area contributed by atoms with Gasteiger partial charge in [-0.25, -0.2) is 4.68 Å². The summed E-state index contributed by atoms with van der Waals surface area (Å²) in [7, 11) is 7.60. The topological polar surface area (TPSA) is 166 Å². The van der Waals surface area contributed by atoms with Crippen LogP contribution in [0.15, 0.2) is 82.2 Å². The van der Waals surface area contributed by atoms with Gasteiger partial charge < -0.3 is 24.8 Å². The molecule has 2 N–H and O–H groups in total. The monoisotopic (exact) mass is 894 g/mol. The van der Waals surface area contributed by atoms with Crippen LogP contribution in [0.3, 0.4) is 0 Å². The first-order valence-corrected chi connectivity index (χ1v) is 21.4. The lowest BCUT2D eigenvalue weighted by Crippen LogP contribution is -2.54. The van der Waals surface area contributed by atoms with Gasteiger partial charge in [-0.05, 0) is 115 Å². The third-order valence-electron chi connectivity index (χ3n) is 11.7. The number of nitrogens with zero attached hydrogens (tertiary/aromatic N) is 6. The largest absolute Gasteiger partial charge is 0.494 e. The van der Waals surface area contributed by atoms with Gasteiger partial charge in [0.25, 0.3) is 23.3 Å². The predicted molar refractivity (Wildman–Crippen MR) is 234 cm³/mol. The van der Waals surface area contributed by atoms with Crippen molar-refractivity contribution in [1.29, 1.82) is 0 Å². The molecule has 3 aliphatic heterocycles. The Hall–Kier alpha value is -5.87. The molecule has 4 aromatic rings. The second-order valence-corrected chi connectivity index (χ2v) is 17.0. The Balaban J connectivity index is 0.822. The van der Waals surface area contributed by atoms with E-state index in [0.717, 1.165) is 61.5 Å². The minimum Gasteiger partial charge on any atom is -0.494 e. The number of piperidine rings is 2. The zero-order valence-corrected chi connectivity index (χ0v) is 36.4. The number of anilines is 2. The molecule has 7 rings (SSSR count). The van der Waals surface area contributed by atoms with Gasteiger partial charge in [0.05, 0.1) is 29.6 Å². The number of rotatable bonds is 15. The molecule has 0 aliphatic carbocycles. The van der Waals surface area contributed by atoms with E-state index >= 15 is 0 Å². The van der Waals surface area contributed by atoms with Gasteiger partial charge in [-0.1, -0.05) is 24.3 Å². The zero-order chi connectivity index (χ0) is 43.4. The van der Waals surface area contributed by atoms with Gasteiger partial charge in [-0.2, -0.15) is 5.10 Å². The van der Waals surface area contributed by atoms with E-state index in [1.54, 1.807) is 36.3 Å². The van der Waals surface area contributed by atoms with Crippen molar-refractivity contribution in [1.82, 2.24) is 29.8 Å². The molecule has 3 aromatic carbocycles. The predicted octanol–water partition coefficient (Wildman–Crippen LogP) is 4.45. The van der Waals surface area contributed by atoms with E-state index in [1.165, 1.54) is 10.2 Å². The maximum absolute atomic E-state index is 13.3. The van der Waals surface area contributed by atoms with Crippen LogP contribution in [0.5, 0.6) is 5.75 Å². The minimum absolute atomic E-state index is 0.0120. The van der Waals surface area contributed by atoms with Crippen LogP contribution in [0.4, 0.5) is 11.4 Å². The summed E-state index contributed by atoms with van der Waals surface area (Å²) >= 11 is 3.42. The van der Waals surface area contributed by atoms with Crippen LogP contribution in [0.25, 0.3) is 0 Å². The molecule has 3 atom stereocenters. The normalized spacial score (nSPS) is 19.1. The van der Waals surface area contributed by atoms with Crippen molar-refractivity contribution in [2.45, 2.75) is 56.5 Å². The molecule has 320 valence electrons. The Kier molecular flexibility index (Phi) is 13.3. The molecule has 5 amide bonds. The van der Waals surface area contributed by atoms with Crippen LogP contribution < -0.4 is 25.8 Å². The Morgan fingerprint density at radius 3 is 2.39 bits per heavy atom. The Bertz CT molecular complexity index is 2370. The third-order valence-corrected chi connectivity index (χ3v) is 12.5. The van der Waals surface area contributed by atoms with Gasteiger partial charge in [0.2, 0.25) is 11.8 Å². The molecule has 3 aliphatic rings. The number of carbonyl (C=O) groups excluding carboxylic acids is 5. The van der Waals surface area contributed by atoms with Crippen LogP contribution >= 0.6 is 15.9 Å². The van der Waals surface area contributed by atoms with Gasteiger partial charge >= 0.3 is 0 Å². The highest BCUT2D eigenvalue weighted by Crippen LogP contribution is 2.32. The molecule has 2 saturated heterocycles. The zero-order valence-electron chi connectivity index (χ0n) is 34.9. The molecular formula is C45H51BrN8O7. The van der Waals surface area contributed by atoms with E-state index in [-0.39, 0.29) is 47.4 Å². The van der Waals surface area contributed by atoms with Crippen LogP contribution in [0, 0.1) is 0 Å². The SMILES string of the molecule is CN1C[C@@H](Nc2cnn(C)c(=O)c2Br)C[C@@H](c2ccc(C(=O)N(C)CCCN(C)c3ccc(CCCOc4ccc5c(c4)C(=O)N(C4CCC(=O)NC4=O)C5=O)cc3)cc2)C1. The molecule has 1 aromatic heterocycles. The first kappa shape index (κ1) is 43.2. The first-order valence-electron chi connectivity index (χ1n) is 20.6. The van der Waals surface area contributed by atoms with Crippen LogP contribution in [0.1, 0.15) is 80.2 Å². The van der Waals surface area contributed by atoms with Crippen LogP contribution in [-0.4, -0.2) is 120 Å². The van der Waals surface area contributed by atoms with E-state index in [4.69, 9.17) is 4.74 Å². The van der Waals surface area contributed by atoms with E-state index < -0.39 is 29.7 Å². The van der Waals surface area contributed by atoms with Gasteiger partial charge in [-0.15, -0.1) is 0 Å². The summed E-state index contributed by atoms with van der Waals surface area (Å²) < 4.78 is 7.70. The molecule has 61 heavy (non-hydrogen) atoms. The number of hydrogen-bond acceptors (Lipinski definition) is 11. The molecule has 2 fully saturated rings. The van der Waals surface area contributed by atoms with Gasteiger partial charge in [-0.3, -0.25) is 39.0 Å². The standard InChI is InChI=1S/C45H51BrN8O7/c1-50-26-31(23-32(27-50)48-37-25-47-53(4)45(60)40(37)46)29-10-12-30(13-11-29)42(57)52(3)21-6-20-51(2)33-14-8-28(9-15-33)7-5-22-61-34-16-17-35-36(24-34)44(59)54(43(35)58)38-18-19-39(55)49-41(38)56/h8-17,24-25,31-32,38,48H,5-7,18-23,26-27H2,1-4H3,(H,49,55,56)/t31-,32+,38?/m1/s1. The van der Waals surface area contributed by atoms with Crippen molar-refractivity contribution in [3.8, 4) is 5.75 Å². The summed E-state index contributed by atoms with van der Waals surface area (Å²) in [5.41, 5.74) is 4.98. The Morgan fingerprint density at radius 1 is 0.918 bits per heavy atom. The number of hydrogen-bond donors (Lipinski definition) is 2. The van der Waals surface area contributed by atoms with E-state index in [1.807, 2.05) is 26.2 Å². The van der Waals surface area contributed by atoms with Crippen molar-refractivity contribution in [2.24, 2.45) is 7.05 Å². The number of carbonyl (C=O) groups is 5. The van der Waals surface area contributed by atoms with Crippen LogP contribution in [0.2, 0.25) is 0 Å². The third kappa shape index (κ3) is 9.86. The van der Waals surface area contributed by atoms with E-state index in [0.29, 0.717) is 34.6 Å². The average molecular weight is 896 g/mol. The number of halogens is 1. The number of amides is 5. The fourth-order valence-corrected chi connectivity index (χ4v) is 8.79. The van der Waals surface area contributed by atoms with Gasteiger partial charge in [0.15, 0.2) is 0 Å². The summed E-state index contributed by atoms with van der Waals surface area (Å²) in [6.45, 7) is 3.54. The van der Waals surface area contributed by atoms with Gasteiger partial charge in [0, 0.05) is 71.0 Å². The second kappa shape index (κ2) is 18.8. The highest BCUT2D eigenvalue weighted by molar-refractivity contribution is 9.10. The lowest BCUT2D eigenvalue weighted by molar-refractivity contribution is -0.136. The molecule has 0 spiro atoms. The second-order valence-electron chi connectivity index (χ2n) is 16.2. The number of imide groups is 2. The Morgan fingerprint density at radius 2 is 1.66 bits per heavy atom. The number of ether oxygens (including phenoxy) is 1. The molecule has 15 nitrogen and oxygen atoms in total. The molecule has 0 bridgehead atoms. The number of likely N-dealkylation sites (tertiary alicyclic amines) is 1. The van der Waals surface area contributed by atoms with E-state index in [9.17, 15) is 28.8 Å². The maximum Gasteiger partial charge on any atom is 0.282 e. The smallest absolute Gasteiger partial charge is 0.282 e. The van der Waals surface area contributed by atoms with E-state index in [2.05, 4.69) is 84.9 Å². The summed E-state index contributed by atoms with van der Waals surface area (Å²) in [6.07, 6.45) is 5.05. The molecule has 16 heteroatoms. The highest BCUT2D eigenvalue weighted by Gasteiger charge is 2.44. The Labute approximate surface area is 363 Å². The van der Waals surface area contributed by atoms with Crippen molar-refractivity contribution < 1.29 is 28.7 Å². The molecule has 1 unspecified atom stereocenters. The summed E-state index contributed by atoms with van der Waals surface area (Å²) in [4.78, 5) is 82.9. The van der Waals surface area contributed by atoms with Crippen LogP contribution in [-0.2, 0) is 23.1 Å². The highest BCUT2D eigenvalue weighted by atomic mass is 79.9. The fraction of sp³-hybridized carbons (Fsp3) is 0.400. The number of likely N-dealkylation sites (N-methyl/N-ethyl adjacent to an activating group) is 1. The van der Waals surface area contributed by atoms with Crippen molar-refractivity contribution in [2.75, 3.05) is 64.1 Å². The number of benzene rings is 3. The maximum atomic E-state index is 13.3. The summed E-state index contributed by atoms with van der Waals surface area (Å²) in [5, 5.41) is 9.86. The number of aromatic nitrogens is 2. The average Bonchev–Trinajstić information content (AvgIpc) is 3.49. The number of aryl methyl sites for hydroxylation is 2. The molecule has 0 radical (unpaired) electrons. The number of nitrogens with one attached hydrogen (secondary N) is 2. The molecule has 4 heterocycles. The number of fused-ring (bicyclic) bond motifs is 1. The lowest BCUT2D eigenvalue weighted by Gasteiger charge is -2.37. The first-order chi connectivity index (χ1) is 29.3. The minimum atomic E-state index is -1.01.